The zero-order chi connectivity index (χ0) is 16.0. The number of methoxy groups -OCH3 is 1. The molecule has 0 radical (unpaired) electrons. The molecule has 4 nitrogen and oxygen atoms in total. The Morgan fingerprint density at radius 1 is 1.38 bits per heavy atom. The maximum atomic E-state index is 13.7. The summed E-state index contributed by atoms with van der Waals surface area (Å²) in [6.07, 6.45) is 0.546. The van der Waals surface area contributed by atoms with Crippen LogP contribution in [0.25, 0.3) is 0 Å². The van der Waals surface area contributed by atoms with E-state index in [1.807, 2.05) is 20.8 Å². The number of carbonyl (C=O) groups excluding carboxylic acids is 1. The minimum Gasteiger partial charge on any atom is -0.505 e. The van der Waals surface area contributed by atoms with Crippen molar-refractivity contribution in [3.63, 3.8) is 0 Å². The van der Waals surface area contributed by atoms with Crippen LogP contribution in [0.5, 0.6) is 5.75 Å². The molecule has 0 spiro atoms. The predicted molar refractivity (Wildman–Crippen MR) is 73.1 cm³/mol. The van der Waals surface area contributed by atoms with Crippen LogP contribution in [0.15, 0.2) is 12.1 Å². The molecule has 0 bridgehead atoms. The number of ether oxygens (including phenoxy) is 1. The van der Waals surface area contributed by atoms with Gasteiger partial charge in [0.05, 0.1) is 5.60 Å². The molecule has 1 aliphatic rings. The third-order valence-corrected chi connectivity index (χ3v) is 4.88. The zero-order valence-electron chi connectivity index (χ0n) is 12.5. The van der Waals surface area contributed by atoms with E-state index in [9.17, 15) is 18.7 Å². The van der Waals surface area contributed by atoms with Crippen molar-refractivity contribution in [3.8, 4) is 5.75 Å². The Morgan fingerprint density at radius 3 is 2.52 bits per heavy atom. The average Bonchev–Trinajstić information content (AvgIpc) is 2.42. The number of phenolic OH excluding ortho intramolecular Hbond substituents is 1. The minimum absolute atomic E-state index is 0.268. The van der Waals surface area contributed by atoms with E-state index in [0.717, 1.165) is 12.1 Å². The number of phenols is 1. The van der Waals surface area contributed by atoms with E-state index in [1.54, 1.807) is 7.11 Å². The van der Waals surface area contributed by atoms with E-state index in [2.05, 4.69) is 5.32 Å². The van der Waals surface area contributed by atoms with Gasteiger partial charge in [-0.1, -0.05) is 13.8 Å². The highest BCUT2D eigenvalue weighted by molar-refractivity contribution is 5.95. The molecule has 2 unspecified atom stereocenters. The SMILES string of the molecule is COC1(C)CC(NC(=O)c2c(F)ccc(O)c2F)C1(C)C. The first-order valence-electron chi connectivity index (χ1n) is 6.67. The van der Waals surface area contributed by atoms with Gasteiger partial charge in [-0.2, -0.15) is 0 Å². The molecule has 1 aromatic carbocycles. The number of rotatable bonds is 3. The molecule has 21 heavy (non-hydrogen) atoms. The molecule has 2 N–H and O–H groups in total. The molecular formula is C15H19F2NO3. The predicted octanol–water partition coefficient (Wildman–Crippen LogP) is 2.60. The van der Waals surface area contributed by atoms with Gasteiger partial charge in [-0.15, -0.1) is 0 Å². The van der Waals surface area contributed by atoms with E-state index >= 15 is 0 Å². The van der Waals surface area contributed by atoms with E-state index in [4.69, 9.17) is 4.74 Å². The smallest absolute Gasteiger partial charge is 0.257 e. The molecule has 1 amide bonds. The number of benzene rings is 1. The summed E-state index contributed by atoms with van der Waals surface area (Å²) in [7, 11) is 1.59. The number of halogens is 2. The molecule has 1 aliphatic carbocycles. The van der Waals surface area contributed by atoms with Crippen LogP contribution < -0.4 is 5.32 Å². The van der Waals surface area contributed by atoms with E-state index in [0.29, 0.717) is 6.42 Å². The number of hydrogen-bond donors (Lipinski definition) is 2. The molecule has 0 aliphatic heterocycles. The van der Waals surface area contributed by atoms with Crippen LogP contribution in [0.4, 0.5) is 8.78 Å². The highest BCUT2D eigenvalue weighted by atomic mass is 19.1. The maximum absolute atomic E-state index is 13.7. The van der Waals surface area contributed by atoms with Crippen molar-refractivity contribution in [2.24, 2.45) is 5.41 Å². The van der Waals surface area contributed by atoms with E-state index in [1.165, 1.54) is 0 Å². The fraction of sp³-hybridized carbons (Fsp3) is 0.533. The van der Waals surface area contributed by atoms with E-state index < -0.39 is 34.5 Å². The van der Waals surface area contributed by atoms with Crippen LogP contribution in [-0.4, -0.2) is 29.8 Å². The Labute approximate surface area is 122 Å². The summed E-state index contributed by atoms with van der Waals surface area (Å²) in [5.41, 5.74) is -1.54. The molecule has 1 fully saturated rings. The third kappa shape index (κ3) is 2.27. The second-order valence-electron chi connectivity index (χ2n) is 6.14. The van der Waals surface area contributed by atoms with Crippen LogP contribution in [0, 0.1) is 17.0 Å². The van der Waals surface area contributed by atoms with Crippen molar-refractivity contribution in [2.45, 2.75) is 38.8 Å². The quantitative estimate of drug-likeness (QED) is 0.902. The van der Waals surface area contributed by atoms with Gasteiger partial charge in [0.2, 0.25) is 0 Å². The summed E-state index contributed by atoms with van der Waals surface area (Å²) in [4.78, 5) is 12.1. The Bertz CT molecular complexity index is 589. The molecule has 2 atom stereocenters. The van der Waals surface area contributed by atoms with Gasteiger partial charge in [0.15, 0.2) is 11.6 Å². The summed E-state index contributed by atoms with van der Waals surface area (Å²) < 4.78 is 32.8. The van der Waals surface area contributed by atoms with Crippen LogP contribution in [0.3, 0.4) is 0 Å². The lowest BCUT2D eigenvalue weighted by atomic mass is 9.56. The number of aromatic hydroxyl groups is 1. The summed E-state index contributed by atoms with van der Waals surface area (Å²) in [5, 5.41) is 11.9. The van der Waals surface area contributed by atoms with Crippen LogP contribution in [0.2, 0.25) is 0 Å². The Balaban J connectivity index is 2.20. The van der Waals surface area contributed by atoms with Crippen molar-refractivity contribution in [1.82, 2.24) is 5.32 Å². The van der Waals surface area contributed by atoms with Gasteiger partial charge in [0.25, 0.3) is 5.91 Å². The lowest BCUT2D eigenvalue weighted by Gasteiger charge is -2.59. The van der Waals surface area contributed by atoms with Crippen molar-refractivity contribution in [3.05, 3.63) is 29.3 Å². The molecule has 1 saturated carbocycles. The fourth-order valence-electron chi connectivity index (χ4n) is 2.70. The van der Waals surface area contributed by atoms with Gasteiger partial charge >= 0.3 is 0 Å². The van der Waals surface area contributed by atoms with Gasteiger partial charge in [0, 0.05) is 18.6 Å². The fourth-order valence-corrected chi connectivity index (χ4v) is 2.70. The van der Waals surface area contributed by atoms with E-state index in [-0.39, 0.29) is 11.5 Å². The largest absolute Gasteiger partial charge is 0.505 e. The first-order valence-corrected chi connectivity index (χ1v) is 6.67. The number of nitrogens with one attached hydrogen (secondary N) is 1. The Morgan fingerprint density at radius 2 is 2.00 bits per heavy atom. The van der Waals surface area contributed by atoms with Crippen molar-refractivity contribution < 1.29 is 23.4 Å². The Kier molecular flexibility index (Phi) is 3.70. The van der Waals surface area contributed by atoms with Gasteiger partial charge in [-0.3, -0.25) is 4.79 Å². The lowest BCUT2D eigenvalue weighted by Crippen LogP contribution is -2.68. The molecule has 1 aromatic rings. The molecule has 0 saturated heterocycles. The normalized spacial score (nSPS) is 27.0. The monoisotopic (exact) mass is 299 g/mol. The summed E-state index contributed by atoms with van der Waals surface area (Å²) in [6, 6.07) is 1.46. The maximum Gasteiger partial charge on any atom is 0.257 e. The molecule has 6 heteroatoms. The van der Waals surface area contributed by atoms with Crippen LogP contribution in [-0.2, 0) is 4.74 Å². The average molecular weight is 299 g/mol. The standard InChI is InChI=1S/C15H19F2NO3/c1-14(2)10(7-15(14,3)21-4)18-13(20)11-8(16)5-6-9(19)12(11)17/h5-6,10,19H,7H2,1-4H3,(H,18,20). The molecular weight excluding hydrogens is 280 g/mol. The molecule has 116 valence electrons. The lowest BCUT2D eigenvalue weighted by molar-refractivity contribution is -0.177. The topological polar surface area (TPSA) is 58.6 Å². The van der Waals surface area contributed by atoms with Gasteiger partial charge in [0.1, 0.15) is 11.4 Å². The second-order valence-corrected chi connectivity index (χ2v) is 6.14. The van der Waals surface area contributed by atoms with Crippen LogP contribution in [0.1, 0.15) is 37.6 Å². The Hall–Kier alpha value is -1.69. The van der Waals surface area contributed by atoms with Crippen LogP contribution >= 0.6 is 0 Å². The highest BCUT2D eigenvalue weighted by Gasteiger charge is 2.58. The van der Waals surface area contributed by atoms with Gasteiger partial charge in [-0.05, 0) is 25.5 Å². The minimum atomic E-state index is -1.25. The van der Waals surface area contributed by atoms with Gasteiger partial charge < -0.3 is 15.2 Å². The first kappa shape index (κ1) is 15.7. The van der Waals surface area contributed by atoms with Crippen molar-refractivity contribution in [1.29, 1.82) is 0 Å². The molecule has 0 aromatic heterocycles. The van der Waals surface area contributed by atoms with Crippen molar-refractivity contribution in [2.75, 3.05) is 7.11 Å². The summed E-state index contributed by atoms with van der Waals surface area (Å²) in [6.45, 7) is 5.76. The molecule has 0 heterocycles. The highest BCUT2D eigenvalue weighted by Crippen LogP contribution is 2.51. The molecule has 2 rings (SSSR count). The second kappa shape index (κ2) is 4.94. The number of carbonyl (C=O) groups is 1. The zero-order valence-corrected chi connectivity index (χ0v) is 12.5. The number of amides is 1. The van der Waals surface area contributed by atoms with Crippen molar-refractivity contribution >= 4 is 5.91 Å². The van der Waals surface area contributed by atoms with Gasteiger partial charge in [-0.25, -0.2) is 8.78 Å². The number of hydrogen-bond acceptors (Lipinski definition) is 3. The summed E-state index contributed by atoms with van der Waals surface area (Å²) in [5.74, 6) is -3.89. The third-order valence-electron chi connectivity index (χ3n) is 4.88. The first-order chi connectivity index (χ1) is 9.64. The summed E-state index contributed by atoms with van der Waals surface area (Å²) >= 11 is 0.